The Bertz CT molecular complexity index is 1570. The van der Waals surface area contributed by atoms with Gasteiger partial charge >= 0.3 is 0 Å². The van der Waals surface area contributed by atoms with Crippen LogP contribution < -0.4 is 4.31 Å². The molecule has 206 valence electrons. The van der Waals surface area contributed by atoms with E-state index in [4.69, 9.17) is 0 Å². The van der Waals surface area contributed by atoms with Crippen LogP contribution in [0.3, 0.4) is 0 Å². The molecule has 0 N–H and O–H groups in total. The predicted molar refractivity (Wildman–Crippen MR) is 168 cm³/mol. The molecule has 3 aliphatic rings. The van der Waals surface area contributed by atoms with Crippen LogP contribution in [0.15, 0.2) is 54.7 Å². The molecule has 6 rings (SSSR count). The Kier molecular flexibility index (Phi) is 7.11. The van der Waals surface area contributed by atoms with E-state index in [1.54, 1.807) is 30.0 Å². The van der Waals surface area contributed by atoms with Crippen LogP contribution in [-0.4, -0.2) is 76.2 Å². The van der Waals surface area contributed by atoms with Gasteiger partial charge in [0.05, 0.1) is 16.6 Å². The van der Waals surface area contributed by atoms with Crippen LogP contribution in [0, 0.1) is 0 Å². The van der Waals surface area contributed by atoms with Gasteiger partial charge in [0.25, 0.3) is 11.8 Å². The average Bonchev–Trinajstić information content (AvgIpc) is 3.54. The lowest BCUT2D eigenvalue weighted by Crippen LogP contribution is -2.69. The van der Waals surface area contributed by atoms with E-state index >= 15 is 0 Å². The molecule has 4 heterocycles. The van der Waals surface area contributed by atoms with E-state index in [1.165, 1.54) is 52.4 Å². The number of para-hydroxylation sites is 2. The van der Waals surface area contributed by atoms with Gasteiger partial charge in [0.1, 0.15) is 6.17 Å². The third kappa shape index (κ3) is 3.60. The summed E-state index contributed by atoms with van der Waals surface area (Å²) in [4.78, 5) is 30.7. The van der Waals surface area contributed by atoms with Crippen LogP contribution in [0.4, 0.5) is 5.69 Å². The number of hydrogen-bond acceptors (Lipinski definition) is 9. The summed E-state index contributed by atoms with van der Waals surface area (Å²) in [6, 6.07) is 15.5. The smallest absolute Gasteiger partial charge is 0.261 e. The monoisotopic (exact) mass is 638 g/mol. The van der Waals surface area contributed by atoms with E-state index < -0.39 is 32.7 Å². The standard InChI is InChI=1S/C25H26N4O4S6/c1-26-21(37-35-3)20(30)28-22-24(14-25(28,23(26)31)38-36-4,16-10-6-8-12-19(16)29(22)39(32)33)17-13-27(34-2)18-11-7-5-9-15(17)18/h5-13,21-22,39H,14H2,1-4H3/t21-,22-,24+,25-/m0/s1. The number of rotatable bonds is 7. The fraction of sp³-hybridized carbons (Fsp3) is 0.360. The van der Waals surface area contributed by atoms with Gasteiger partial charge in [-0.25, -0.2) is 12.7 Å². The number of benzene rings is 2. The summed E-state index contributed by atoms with van der Waals surface area (Å²) in [5.41, 5.74) is 2.30. The van der Waals surface area contributed by atoms with Gasteiger partial charge in [-0.05, 0) is 47.7 Å². The van der Waals surface area contributed by atoms with Crippen LogP contribution in [0.5, 0.6) is 0 Å². The van der Waals surface area contributed by atoms with E-state index in [0.717, 1.165) is 22.0 Å². The highest BCUT2D eigenvalue weighted by Gasteiger charge is 2.74. The Morgan fingerprint density at radius 1 is 0.949 bits per heavy atom. The number of thiol groups is 1. The number of carbonyl (C=O) groups is 2. The lowest BCUT2D eigenvalue weighted by Gasteiger charge is -2.48. The maximum atomic E-state index is 14.4. The lowest BCUT2D eigenvalue weighted by molar-refractivity contribution is -0.157. The van der Waals surface area contributed by atoms with Gasteiger partial charge in [0.2, 0.25) is 10.9 Å². The second-order valence-electron chi connectivity index (χ2n) is 9.46. The molecule has 1 aromatic heterocycles. The summed E-state index contributed by atoms with van der Waals surface area (Å²) in [5.74, 6) is -0.443. The van der Waals surface area contributed by atoms with E-state index in [-0.39, 0.29) is 18.2 Å². The van der Waals surface area contributed by atoms with Crippen molar-refractivity contribution in [2.45, 2.75) is 28.2 Å². The van der Waals surface area contributed by atoms with Crippen LogP contribution in [0.25, 0.3) is 10.9 Å². The zero-order chi connectivity index (χ0) is 27.7. The SMILES string of the molecule is CSS[C@H]1C(=O)N2[C@H]3N([SH](=O)=O)c4ccccc4[C@@]3(c3cn(SC)c4ccccc34)C[C@]2(SSC)C(=O)N1C. The zero-order valence-corrected chi connectivity index (χ0v) is 26.4. The van der Waals surface area contributed by atoms with Crippen molar-refractivity contribution >= 4 is 94.4 Å². The molecule has 2 amide bonds. The highest BCUT2D eigenvalue weighted by atomic mass is 33.1. The van der Waals surface area contributed by atoms with Gasteiger partial charge in [-0.15, -0.1) is 0 Å². The first-order valence-corrected chi connectivity index (χ1v) is 19.5. The second kappa shape index (κ2) is 10.1. The fourth-order valence-corrected chi connectivity index (χ4v) is 12.2. The third-order valence-electron chi connectivity index (χ3n) is 7.85. The maximum Gasteiger partial charge on any atom is 0.261 e. The number of piperazine rings is 1. The van der Waals surface area contributed by atoms with Crippen LogP contribution in [0.1, 0.15) is 17.5 Å². The number of hydrogen-bond donors (Lipinski definition) is 1. The molecular formula is C25H26N4O4S6. The first-order valence-electron chi connectivity index (χ1n) is 12.0. The van der Waals surface area contributed by atoms with Crippen molar-refractivity contribution in [2.24, 2.45) is 0 Å². The van der Waals surface area contributed by atoms with Crippen molar-refractivity contribution in [3.63, 3.8) is 0 Å². The molecule has 0 aliphatic carbocycles. The van der Waals surface area contributed by atoms with Crippen LogP contribution >= 0.6 is 55.1 Å². The quantitative estimate of drug-likeness (QED) is 0.298. The molecule has 0 spiro atoms. The van der Waals surface area contributed by atoms with Gasteiger partial charge in [-0.3, -0.25) is 18.5 Å². The Morgan fingerprint density at radius 3 is 2.36 bits per heavy atom. The van der Waals surface area contributed by atoms with E-state index in [2.05, 4.69) is 10.2 Å². The van der Waals surface area contributed by atoms with Gasteiger partial charge in [-0.2, -0.15) is 0 Å². The zero-order valence-electron chi connectivity index (χ0n) is 21.5. The number of fused-ring (bicyclic) bond motifs is 6. The maximum absolute atomic E-state index is 14.4. The largest absolute Gasteiger partial charge is 0.322 e. The molecule has 3 aromatic rings. The number of amides is 2. The van der Waals surface area contributed by atoms with E-state index in [0.29, 0.717) is 5.69 Å². The molecule has 39 heavy (non-hydrogen) atoms. The van der Waals surface area contributed by atoms with Gasteiger partial charge in [-0.1, -0.05) is 79.6 Å². The van der Waals surface area contributed by atoms with E-state index in [1.807, 2.05) is 61.2 Å². The van der Waals surface area contributed by atoms with E-state index in [9.17, 15) is 18.0 Å². The topological polar surface area (TPSA) is 82.9 Å². The summed E-state index contributed by atoms with van der Waals surface area (Å²) in [7, 11) is 4.02. The summed E-state index contributed by atoms with van der Waals surface area (Å²) in [6.07, 6.45) is 7.13. The first kappa shape index (κ1) is 27.6. The molecule has 0 saturated carbocycles. The normalized spacial score (nSPS) is 28.0. The highest BCUT2D eigenvalue weighted by Crippen LogP contribution is 2.66. The van der Waals surface area contributed by atoms with Crippen molar-refractivity contribution in [2.75, 3.05) is 30.1 Å². The number of likely N-dealkylation sites (N-methyl/N-ethyl adjacent to an activating group) is 1. The molecule has 2 fully saturated rings. The number of aromatic nitrogens is 1. The molecule has 0 bridgehead atoms. The molecule has 0 radical (unpaired) electrons. The number of anilines is 1. The van der Waals surface area contributed by atoms with Gasteiger partial charge < -0.3 is 4.90 Å². The molecule has 4 atom stereocenters. The van der Waals surface area contributed by atoms with Crippen molar-refractivity contribution in [3.05, 3.63) is 65.9 Å². The number of nitrogens with zero attached hydrogens (tertiary/aromatic N) is 4. The van der Waals surface area contributed by atoms with Gasteiger partial charge in [0, 0.05) is 31.3 Å². The number of carbonyl (C=O) groups excluding carboxylic acids is 2. The minimum Gasteiger partial charge on any atom is -0.322 e. The molecule has 0 unspecified atom stereocenters. The Labute approximate surface area is 249 Å². The minimum absolute atomic E-state index is 0.186. The Morgan fingerprint density at radius 2 is 1.67 bits per heavy atom. The fourth-order valence-electron chi connectivity index (χ4n) is 6.50. The van der Waals surface area contributed by atoms with Crippen LogP contribution in [0.2, 0.25) is 0 Å². The molecular weight excluding hydrogens is 613 g/mol. The first-order chi connectivity index (χ1) is 18.8. The molecule has 2 aromatic carbocycles. The molecule has 8 nitrogen and oxygen atoms in total. The summed E-state index contributed by atoms with van der Waals surface area (Å²) in [5, 5.41) is 0.212. The van der Waals surface area contributed by atoms with Crippen molar-refractivity contribution in [1.82, 2.24) is 13.8 Å². The van der Waals surface area contributed by atoms with Gasteiger partial charge in [0.15, 0.2) is 10.2 Å². The summed E-state index contributed by atoms with van der Waals surface area (Å²) in [6.45, 7) is 0. The second-order valence-corrected chi connectivity index (χ2v) is 16.4. The Balaban J connectivity index is 1.73. The van der Waals surface area contributed by atoms with Crippen molar-refractivity contribution in [1.29, 1.82) is 0 Å². The molecule has 3 aliphatic heterocycles. The summed E-state index contributed by atoms with van der Waals surface area (Å²) >= 11 is 1.55. The lowest BCUT2D eigenvalue weighted by atomic mass is 9.72. The Hall–Kier alpha value is -1.58. The van der Waals surface area contributed by atoms with Crippen LogP contribution in [-0.2, 0) is 25.9 Å². The van der Waals surface area contributed by atoms with Crippen molar-refractivity contribution < 1.29 is 18.0 Å². The third-order valence-corrected chi connectivity index (χ3v) is 13.6. The highest BCUT2D eigenvalue weighted by molar-refractivity contribution is 8.77. The summed E-state index contributed by atoms with van der Waals surface area (Å²) < 4.78 is 29.6. The van der Waals surface area contributed by atoms with Crippen molar-refractivity contribution in [3.8, 4) is 0 Å². The molecule has 2 saturated heterocycles. The predicted octanol–water partition coefficient (Wildman–Crippen LogP) is 4.48. The minimum atomic E-state index is -3.14. The molecule has 14 heteroatoms. The average molecular weight is 639 g/mol.